The fraction of sp³-hybridized carbons (Fsp3) is 0.800. The molecule has 10 heavy (non-hydrogen) atoms. The largest absolute Gasteiger partial charge is 1.00 e. The summed E-state index contributed by atoms with van der Waals surface area (Å²) in [5.74, 6) is 0. The Morgan fingerprint density at radius 1 is 1.40 bits per heavy atom. The average Bonchev–Trinajstić information content (AvgIpc) is 1.69. The van der Waals surface area contributed by atoms with Crippen molar-refractivity contribution in [3.63, 3.8) is 0 Å². The maximum Gasteiger partial charge on any atom is 1.00 e. The van der Waals surface area contributed by atoms with E-state index in [1.165, 1.54) is 0 Å². The van der Waals surface area contributed by atoms with Crippen LogP contribution in [0.4, 0.5) is 0 Å². The third-order valence-corrected chi connectivity index (χ3v) is 1.28. The molecule has 0 rings (SSSR count). The standard InChI is InChI=1S/C5H11NOS.Na.H2O/c1-3-6(4-2)5(7)8;;/h3-4H2,1-2H3,(H,7,8);;1H2/q;+1;/p-1. The van der Waals surface area contributed by atoms with E-state index in [1.807, 2.05) is 13.8 Å². The molecule has 5 heteroatoms. The van der Waals surface area contributed by atoms with Gasteiger partial charge < -0.3 is 15.5 Å². The Balaban J connectivity index is -0.000000245. The number of hydrogen-bond donors (Lipinski definition) is 0. The molecule has 0 saturated carbocycles. The summed E-state index contributed by atoms with van der Waals surface area (Å²) in [6, 6.07) is 0. The first-order chi connectivity index (χ1) is 3.72. The monoisotopic (exact) mass is 173 g/mol. The minimum atomic E-state index is -0.255. The molecule has 0 heterocycles. The fourth-order valence-electron chi connectivity index (χ4n) is 0.482. The summed E-state index contributed by atoms with van der Waals surface area (Å²) in [4.78, 5) is 1.59. The van der Waals surface area contributed by atoms with Crippen molar-refractivity contribution in [2.45, 2.75) is 13.8 Å². The summed E-state index contributed by atoms with van der Waals surface area (Å²) in [5, 5.41) is 10.1. The zero-order valence-corrected chi connectivity index (χ0v) is 9.49. The van der Waals surface area contributed by atoms with E-state index >= 15 is 0 Å². The van der Waals surface area contributed by atoms with Gasteiger partial charge in [0.1, 0.15) is 0 Å². The van der Waals surface area contributed by atoms with Crippen molar-refractivity contribution in [3.8, 4) is 0 Å². The molecular weight excluding hydrogens is 161 g/mol. The van der Waals surface area contributed by atoms with E-state index in [9.17, 15) is 5.11 Å². The van der Waals surface area contributed by atoms with Crippen LogP contribution in [0.3, 0.4) is 0 Å². The van der Waals surface area contributed by atoms with Crippen molar-refractivity contribution in [2.75, 3.05) is 13.1 Å². The zero-order chi connectivity index (χ0) is 6.57. The second-order valence-electron chi connectivity index (χ2n) is 1.44. The van der Waals surface area contributed by atoms with Crippen LogP contribution in [0.5, 0.6) is 0 Å². The van der Waals surface area contributed by atoms with Gasteiger partial charge in [0, 0.05) is 18.3 Å². The maximum atomic E-state index is 10.3. The van der Waals surface area contributed by atoms with Crippen LogP contribution in [0, 0.1) is 0 Å². The Labute approximate surface area is 89.0 Å². The smallest absolute Gasteiger partial charge is 0.852 e. The molecule has 0 saturated heterocycles. The quantitative estimate of drug-likeness (QED) is 0.317. The van der Waals surface area contributed by atoms with Crippen LogP contribution in [0.15, 0.2) is 0 Å². The molecule has 0 amide bonds. The predicted molar refractivity (Wildman–Crippen MR) is 39.1 cm³/mol. The van der Waals surface area contributed by atoms with E-state index in [-0.39, 0.29) is 40.2 Å². The van der Waals surface area contributed by atoms with Crippen molar-refractivity contribution in [1.82, 2.24) is 4.90 Å². The van der Waals surface area contributed by atoms with Gasteiger partial charge in [-0.2, -0.15) is 0 Å². The molecule has 56 valence electrons. The molecule has 0 aliphatic carbocycles. The first-order valence-corrected chi connectivity index (χ1v) is 3.09. The molecule has 0 fully saturated rings. The van der Waals surface area contributed by atoms with Gasteiger partial charge >= 0.3 is 29.6 Å². The zero-order valence-electron chi connectivity index (χ0n) is 6.68. The summed E-state index contributed by atoms with van der Waals surface area (Å²) in [5.41, 5.74) is 0. The molecule has 0 aliphatic heterocycles. The van der Waals surface area contributed by atoms with E-state index in [0.717, 1.165) is 13.1 Å². The Morgan fingerprint density at radius 2 is 1.70 bits per heavy atom. The second-order valence-corrected chi connectivity index (χ2v) is 1.79. The van der Waals surface area contributed by atoms with Crippen LogP contribution in [0.2, 0.25) is 0 Å². The van der Waals surface area contributed by atoms with Crippen LogP contribution >= 0.6 is 12.2 Å². The van der Waals surface area contributed by atoms with Crippen LogP contribution in [-0.4, -0.2) is 28.6 Å². The molecule has 0 aliphatic rings. The minimum Gasteiger partial charge on any atom is -0.852 e. The Morgan fingerprint density at radius 3 is 1.70 bits per heavy atom. The normalized spacial score (nSPS) is 7.00. The molecule has 0 aromatic carbocycles. The van der Waals surface area contributed by atoms with Crippen LogP contribution < -0.4 is 34.7 Å². The van der Waals surface area contributed by atoms with Crippen molar-refractivity contribution in [3.05, 3.63) is 0 Å². The van der Waals surface area contributed by atoms with E-state index in [0.29, 0.717) is 0 Å². The number of hydrogen-bond acceptors (Lipinski definition) is 2. The van der Waals surface area contributed by atoms with Gasteiger partial charge in [-0.3, -0.25) is 0 Å². The Bertz CT molecular complexity index is 87.7. The molecule has 3 nitrogen and oxygen atoms in total. The van der Waals surface area contributed by atoms with Gasteiger partial charge in [-0.15, -0.1) is 0 Å². The summed E-state index contributed by atoms with van der Waals surface area (Å²) in [6.45, 7) is 5.26. The van der Waals surface area contributed by atoms with Crippen molar-refractivity contribution >= 4 is 17.4 Å². The van der Waals surface area contributed by atoms with Gasteiger partial charge in [0.05, 0.1) is 0 Å². The van der Waals surface area contributed by atoms with Crippen LogP contribution in [-0.2, 0) is 0 Å². The van der Waals surface area contributed by atoms with Gasteiger partial charge in [-0.1, -0.05) is 12.2 Å². The Hall–Kier alpha value is 0.650. The van der Waals surface area contributed by atoms with Crippen LogP contribution in [0.25, 0.3) is 0 Å². The molecule has 0 atom stereocenters. The topological polar surface area (TPSA) is 57.8 Å². The van der Waals surface area contributed by atoms with E-state index in [4.69, 9.17) is 0 Å². The van der Waals surface area contributed by atoms with Crippen molar-refractivity contribution in [2.24, 2.45) is 0 Å². The van der Waals surface area contributed by atoms with E-state index in [2.05, 4.69) is 12.2 Å². The van der Waals surface area contributed by atoms with Gasteiger partial charge in [0.2, 0.25) is 0 Å². The van der Waals surface area contributed by atoms with Gasteiger partial charge in [0.25, 0.3) is 0 Å². The summed E-state index contributed by atoms with van der Waals surface area (Å²) < 4.78 is 0. The molecular formula is C5H12NNaO2S. The third-order valence-electron chi connectivity index (χ3n) is 1.02. The molecule has 0 aromatic heterocycles. The SMILES string of the molecule is CCN(CC)C([O-])=S.O.[Na+]. The molecule has 0 spiro atoms. The van der Waals surface area contributed by atoms with Gasteiger partial charge in [-0.05, 0) is 13.8 Å². The molecule has 0 radical (unpaired) electrons. The molecule has 2 N–H and O–H groups in total. The van der Waals surface area contributed by atoms with Crippen LogP contribution in [0.1, 0.15) is 13.8 Å². The first-order valence-electron chi connectivity index (χ1n) is 2.68. The van der Waals surface area contributed by atoms with Gasteiger partial charge in [-0.25, -0.2) is 0 Å². The van der Waals surface area contributed by atoms with E-state index < -0.39 is 0 Å². The van der Waals surface area contributed by atoms with E-state index in [1.54, 1.807) is 4.90 Å². The van der Waals surface area contributed by atoms with Gasteiger partial charge in [0.15, 0.2) is 0 Å². The first kappa shape index (κ1) is 16.9. The minimum absolute atomic E-state index is 0. The second kappa shape index (κ2) is 9.65. The maximum absolute atomic E-state index is 10.3. The number of rotatable bonds is 2. The molecule has 0 bridgehead atoms. The van der Waals surface area contributed by atoms with Crippen molar-refractivity contribution < 1.29 is 40.1 Å². The number of nitrogens with zero attached hydrogens (tertiary/aromatic N) is 1. The Kier molecular flexibility index (Phi) is 16.4. The summed E-state index contributed by atoms with van der Waals surface area (Å²) >= 11 is 4.39. The fourth-order valence-corrected chi connectivity index (χ4v) is 0.740. The predicted octanol–water partition coefficient (Wildman–Crippen LogP) is -3.85. The van der Waals surface area contributed by atoms with Crippen molar-refractivity contribution in [1.29, 1.82) is 0 Å². The molecule has 0 aromatic rings. The molecule has 0 unspecified atom stereocenters. The average molecular weight is 173 g/mol. The number of thiocarbonyl (C=S) groups is 1. The summed E-state index contributed by atoms with van der Waals surface area (Å²) in [6.07, 6.45) is 0. The summed E-state index contributed by atoms with van der Waals surface area (Å²) in [7, 11) is 0. The third kappa shape index (κ3) is 6.77.